The first kappa shape index (κ1) is 14.5. The molecule has 0 aliphatic carbocycles. The second-order valence-electron chi connectivity index (χ2n) is 4.97. The maximum Gasteiger partial charge on any atom is 0.193 e. The van der Waals surface area contributed by atoms with Gasteiger partial charge in [0.25, 0.3) is 0 Å². The lowest BCUT2D eigenvalue weighted by molar-refractivity contribution is 0.203. The van der Waals surface area contributed by atoms with E-state index in [0.717, 1.165) is 0 Å². The van der Waals surface area contributed by atoms with Crippen LogP contribution in [-0.2, 0) is 5.67 Å². The summed E-state index contributed by atoms with van der Waals surface area (Å²) in [5, 5.41) is 4.22. The molecular formula is C15H20FN3O. The Labute approximate surface area is 118 Å². The Bertz CT molecular complexity index is 568. The molecule has 2 rings (SSSR count). The second-order valence-corrected chi connectivity index (χ2v) is 4.97. The van der Waals surface area contributed by atoms with Gasteiger partial charge in [0.15, 0.2) is 11.4 Å². The highest BCUT2D eigenvalue weighted by atomic mass is 19.1. The van der Waals surface area contributed by atoms with Crippen molar-refractivity contribution in [2.45, 2.75) is 25.6 Å². The van der Waals surface area contributed by atoms with E-state index in [4.69, 9.17) is 10.5 Å². The van der Waals surface area contributed by atoms with Crippen LogP contribution in [0.25, 0.3) is 0 Å². The molecule has 1 heterocycles. The summed E-state index contributed by atoms with van der Waals surface area (Å²) in [5.74, 6) is 0.413. The number of nitrogens with two attached hydrogens (primary N) is 1. The third kappa shape index (κ3) is 2.29. The van der Waals surface area contributed by atoms with E-state index in [1.165, 1.54) is 13.3 Å². The van der Waals surface area contributed by atoms with Crippen LogP contribution in [0.2, 0.25) is 0 Å². The van der Waals surface area contributed by atoms with E-state index in [9.17, 15) is 0 Å². The SMILES string of the molecule is COc1cnn(C(C)C)c1C(F)(CN)c1ccccc1. The van der Waals surface area contributed by atoms with Gasteiger partial charge in [-0.05, 0) is 19.4 Å². The van der Waals surface area contributed by atoms with E-state index < -0.39 is 5.67 Å². The summed E-state index contributed by atoms with van der Waals surface area (Å²) in [4.78, 5) is 0. The lowest BCUT2D eigenvalue weighted by atomic mass is 9.91. The van der Waals surface area contributed by atoms with Crippen LogP contribution in [0.5, 0.6) is 5.75 Å². The zero-order valence-corrected chi connectivity index (χ0v) is 12.0. The molecule has 108 valence electrons. The Morgan fingerprint density at radius 3 is 2.50 bits per heavy atom. The molecule has 1 aromatic heterocycles. The predicted octanol–water partition coefficient (Wildman–Crippen LogP) is 2.64. The highest BCUT2D eigenvalue weighted by molar-refractivity contribution is 5.41. The van der Waals surface area contributed by atoms with Crippen LogP contribution in [-0.4, -0.2) is 23.4 Å². The fourth-order valence-corrected chi connectivity index (χ4v) is 2.32. The lowest BCUT2D eigenvalue weighted by Crippen LogP contribution is -2.35. The van der Waals surface area contributed by atoms with Gasteiger partial charge in [0.1, 0.15) is 5.69 Å². The van der Waals surface area contributed by atoms with Crippen LogP contribution >= 0.6 is 0 Å². The summed E-state index contributed by atoms with van der Waals surface area (Å²) in [7, 11) is 1.51. The van der Waals surface area contributed by atoms with Crippen LogP contribution in [0.3, 0.4) is 0 Å². The van der Waals surface area contributed by atoms with Crippen LogP contribution in [0, 0.1) is 0 Å². The third-order valence-electron chi connectivity index (χ3n) is 3.36. The molecule has 0 aliphatic rings. The molecule has 0 bridgehead atoms. The number of hydrogen-bond acceptors (Lipinski definition) is 3. The van der Waals surface area contributed by atoms with E-state index in [-0.39, 0.29) is 12.6 Å². The van der Waals surface area contributed by atoms with Gasteiger partial charge in [0, 0.05) is 12.6 Å². The molecule has 0 saturated heterocycles. The van der Waals surface area contributed by atoms with Gasteiger partial charge in [0.2, 0.25) is 0 Å². The van der Waals surface area contributed by atoms with Crippen molar-refractivity contribution < 1.29 is 9.13 Å². The Morgan fingerprint density at radius 1 is 1.35 bits per heavy atom. The zero-order valence-electron chi connectivity index (χ0n) is 12.0. The van der Waals surface area contributed by atoms with Gasteiger partial charge < -0.3 is 10.5 Å². The highest BCUT2D eigenvalue weighted by Crippen LogP contribution is 2.39. The van der Waals surface area contributed by atoms with Gasteiger partial charge in [-0.15, -0.1) is 0 Å². The summed E-state index contributed by atoms with van der Waals surface area (Å²) in [6, 6.07) is 8.90. The van der Waals surface area contributed by atoms with Crippen LogP contribution < -0.4 is 10.5 Å². The van der Waals surface area contributed by atoms with E-state index in [1.807, 2.05) is 19.9 Å². The van der Waals surface area contributed by atoms with E-state index in [0.29, 0.717) is 17.0 Å². The average molecular weight is 277 g/mol. The minimum Gasteiger partial charge on any atom is -0.493 e. The first-order chi connectivity index (χ1) is 9.54. The van der Waals surface area contributed by atoms with Crippen molar-refractivity contribution in [3.8, 4) is 5.75 Å². The molecule has 0 fully saturated rings. The number of benzene rings is 1. The van der Waals surface area contributed by atoms with Crippen LogP contribution in [0.4, 0.5) is 4.39 Å². The van der Waals surface area contributed by atoms with Crippen molar-refractivity contribution in [2.75, 3.05) is 13.7 Å². The molecule has 0 aliphatic heterocycles. The normalized spacial score (nSPS) is 14.3. The fraction of sp³-hybridized carbons (Fsp3) is 0.400. The van der Waals surface area contributed by atoms with Crippen molar-refractivity contribution in [3.63, 3.8) is 0 Å². The topological polar surface area (TPSA) is 53.1 Å². The molecule has 2 aromatic rings. The highest BCUT2D eigenvalue weighted by Gasteiger charge is 2.39. The van der Waals surface area contributed by atoms with Crippen molar-refractivity contribution in [2.24, 2.45) is 5.73 Å². The minimum atomic E-state index is -1.83. The molecule has 0 amide bonds. The lowest BCUT2D eigenvalue weighted by Gasteiger charge is -2.27. The van der Waals surface area contributed by atoms with E-state index in [2.05, 4.69) is 5.10 Å². The molecule has 0 radical (unpaired) electrons. The summed E-state index contributed by atoms with van der Waals surface area (Å²) < 4.78 is 22.5. The van der Waals surface area contributed by atoms with Crippen molar-refractivity contribution >= 4 is 0 Å². The first-order valence-corrected chi connectivity index (χ1v) is 6.61. The fourth-order valence-electron chi connectivity index (χ4n) is 2.32. The number of methoxy groups -OCH3 is 1. The number of aromatic nitrogens is 2. The monoisotopic (exact) mass is 277 g/mol. The zero-order chi connectivity index (χ0) is 14.8. The Kier molecular flexibility index (Phi) is 4.09. The number of ether oxygens (including phenoxy) is 1. The molecule has 0 saturated carbocycles. The molecule has 4 nitrogen and oxygen atoms in total. The molecule has 5 heteroatoms. The summed E-state index contributed by atoms with van der Waals surface area (Å²) in [6.45, 7) is 3.71. The molecular weight excluding hydrogens is 257 g/mol. The molecule has 20 heavy (non-hydrogen) atoms. The van der Waals surface area contributed by atoms with Gasteiger partial charge >= 0.3 is 0 Å². The summed E-state index contributed by atoms with van der Waals surface area (Å²) >= 11 is 0. The number of alkyl halides is 1. The number of halogens is 1. The van der Waals surface area contributed by atoms with Crippen LogP contribution in [0.1, 0.15) is 31.1 Å². The molecule has 1 unspecified atom stereocenters. The first-order valence-electron chi connectivity index (χ1n) is 6.61. The second kappa shape index (κ2) is 5.63. The predicted molar refractivity (Wildman–Crippen MR) is 76.5 cm³/mol. The smallest absolute Gasteiger partial charge is 0.193 e. The van der Waals surface area contributed by atoms with Gasteiger partial charge in [0.05, 0.1) is 13.3 Å². The Morgan fingerprint density at radius 2 is 2.00 bits per heavy atom. The molecule has 2 N–H and O–H groups in total. The van der Waals surface area contributed by atoms with Gasteiger partial charge in [-0.2, -0.15) is 5.10 Å². The molecule has 1 atom stereocenters. The summed E-state index contributed by atoms with van der Waals surface area (Å²) in [6.07, 6.45) is 1.53. The quantitative estimate of drug-likeness (QED) is 0.914. The van der Waals surface area contributed by atoms with E-state index in [1.54, 1.807) is 28.9 Å². The van der Waals surface area contributed by atoms with Crippen LogP contribution in [0.15, 0.2) is 36.5 Å². The van der Waals surface area contributed by atoms with E-state index >= 15 is 4.39 Å². The Hall–Kier alpha value is -1.88. The van der Waals surface area contributed by atoms with Gasteiger partial charge in [-0.25, -0.2) is 4.39 Å². The maximum absolute atomic E-state index is 15.6. The van der Waals surface area contributed by atoms with Gasteiger partial charge in [-0.3, -0.25) is 4.68 Å². The Balaban J connectivity index is 2.65. The number of rotatable bonds is 5. The molecule has 1 aromatic carbocycles. The number of nitrogens with zero attached hydrogens (tertiary/aromatic N) is 2. The number of hydrogen-bond donors (Lipinski definition) is 1. The molecule has 0 spiro atoms. The third-order valence-corrected chi connectivity index (χ3v) is 3.36. The van der Waals surface area contributed by atoms with Gasteiger partial charge in [-0.1, -0.05) is 30.3 Å². The van der Waals surface area contributed by atoms with Crippen molar-refractivity contribution in [1.29, 1.82) is 0 Å². The minimum absolute atomic E-state index is 0.0132. The standard InChI is InChI=1S/C15H20FN3O/c1-11(2)19-14(13(20-3)9-18-19)15(16,10-17)12-7-5-4-6-8-12/h4-9,11H,10,17H2,1-3H3. The maximum atomic E-state index is 15.6. The largest absolute Gasteiger partial charge is 0.493 e. The van der Waals surface area contributed by atoms with Crippen molar-refractivity contribution in [3.05, 3.63) is 47.8 Å². The average Bonchev–Trinajstić information content (AvgIpc) is 2.92. The summed E-state index contributed by atoms with van der Waals surface area (Å²) in [5.41, 5.74) is 4.79. The van der Waals surface area contributed by atoms with Crippen molar-refractivity contribution in [1.82, 2.24) is 9.78 Å².